The van der Waals surface area contributed by atoms with Crippen molar-refractivity contribution in [2.75, 3.05) is 6.61 Å². The molecule has 0 aliphatic heterocycles. The van der Waals surface area contributed by atoms with Crippen LogP contribution in [-0.4, -0.2) is 17.8 Å². The summed E-state index contributed by atoms with van der Waals surface area (Å²) in [5.41, 5.74) is 4.97. The maximum atomic E-state index is 10.2. The number of ether oxygens (including phenoxy) is 1. The second-order valence-corrected chi connectivity index (χ2v) is 11.1. The molecular formula is C29H40O2. The van der Waals surface area contributed by atoms with E-state index in [9.17, 15) is 5.11 Å². The fourth-order valence-electron chi connectivity index (χ4n) is 7.63. The zero-order valence-corrected chi connectivity index (χ0v) is 19.6. The van der Waals surface area contributed by atoms with Gasteiger partial charge in [0.15, 0.2) is 0 Å². The number of aliphatic hydroxyl groups excluding tert-OH is 1. The van der Waals surface area contributed by atoms with Crippen molar-refractivity contribution in [2.45, 2.75) is 84.2 Å². The summed E-state index contributed by atoms with van der Waals surface area (Å²) in [5, 5.41) is 10.2. The molecule has 4 aliphatic rings. The number of hydrogen-bond donors (Lipinski definition) is 1. The molecule has 2 nitrogen and oxygen atoms in total. The van der Waals surface area contributed by atoms with Gasteiger partial charge in [0, 0.05) is 0 Å². The van der Waals surface area contributed by atoms with Crippen LogP contribution in [0.2, 0.25) is 0 Å². The average Bonchev–Trinajstić information content (AvgIpc) is 3.08. The topological polar surface area (TPSA) is 29.5 Å². The summed E-state index contributed by atoms with van der Waals surface area (Å²) in [6.07, 6.45) is 13.9. The first kappa shape index (κ1) is 21.3. The molecule has 1 aromatic rings. The molecule has 0 spiro atoms. The molecule has 31 heavy (non-hydrogen) atoms. The molecule has 0 bridgehead atoms. The van der Waals surface area contributed by atoms with Crippen molar-refractivity contribution in [3.05, 3.63) is 53.1 Å². The Balaban J connectivity index is 1.49. The minimum atomic E-state index is -0.284. The molecule has 4 aliphatic carbocycles. The van der Waals surface area contributed by atoms with Crippen molar-refractivity contribution in [3.63, 3.8) is 0 Å². The lowest BCUT2D eigenvalue weighted by atomic mass is 9.49. The van der Waals surface area contributed by atoms with E-state index >= 15 is 0 Å². The molecule has 0 amide bonds. The van der Waals surface area contributed by atoms with Crippen molar-refractivity contribution in [2.24, 2.45) is 29.1 Å². The summed E-state index contributed by atoms with van der Waals surface area (Å²) < 4.78 is 5.95. The molecule has 0 radical (unpaired) electrons. The van der Waals surface area contributed by atoms with E-state index in [1.165, 1.54) is 43.2 Å². The van der Waals surface area contributed by atoms with Crippen LogP contribution in [0.1, 0.15) is 83.6 Å². The molecule has 0 saturated heterocycles. The van der Waals surface area contributed by atoms with Gasteiger partial charge in [0.25, 0.3) is 0 Å². The number of allylic oxidation sites excluding steroid dienone is 2. The smallest absolute Gasteiger partial charge is 0.119 e. The summed E-state index contributed by atoms with van der Waals surface area (Å²) in [5.74, 6) is 4.65. The van der Waals surface area contributed by atoms with Crippen molar-refractivity contribution >= 4 is 0 Å². The SMILES string of the molecule is CCCCOc1ccc(C2CC3(C)C(C)CCC3C3CCC4=CC(O)CC=C4C23)cc1. The van der Waals surface area contributed by atoms with Gasteiger partial charge in [-0.25, -0.2) is 0 Å². The molecule has 1 aromatic carbocycles. The Bertz CT molecular complexity index is 850. The fourth-order valence-corrected chi connectivity index (χ4v) is 7.63. The van der Waals surface area contributed by atoms with Crippen LogP contribution in [0.25, 0.3) is 0 Å². The summed E-state index contributed by atoms with van der Waals surface area (Å²) in [4.78, 5) is 0. The summed E-state index contributed by atoms with van der Waals surface area (Å²) in [7, 11) is 0. The first-order chi connectivity index (χ1) is 15.0. The Morgan fingerprint density at radius 3 is 2.71 bits per heavy atom. The van der Waals surface area contributed by atoms with Crippen LogP contribution in [0.4, 0.5) is 0 Å². The molecule has 2 heteroatoms. The lowest BCUT2D eigenvalue weighted by molar-refractivity contribution is 0.00349. The van der Waals surface area contributed by atoms with Crippen LogP contribution in [-0.2, 0) is 0 Å². The largest absolute Gasteiger partial charge is 0.494 e. The van der Waals surface area contributed by atoms with E-state index in [1.807, 2.05) is 0 Å². The normalized spacial score (nSPS) is 39.1. The van der Waals surface area contributed by atoms with Crippen LogP contribution in [0, 0.1) is 29.1 Å². The van der Waals surface area contributed by atoms with Gasteiger partial charge in [-0.2, -0.15) is 0 Å². The molecule has 0 aromatic heterocycles. The van der Waals surface area contributed by atoms with E-state index in [0.29, 0.717) is 17.3 Å². The second kappa shape index (κ2) is 8.43. The van der Waals surface area contributed by atoms with Gasteiger partial charge in [-0.15, -0.1) is 0 Å². The van der Waals surface area contributed by atoms with E-state index in [4.69, 9.17) is 4.74 Å². The number of rotatable bonds is 5. The highest BCUT2D eigenvalue weighted by Gasteiger charge is 2.57. The first-order valence-electron chi connectivity index (χ1n) is 12.8. The van der Waals surface area contributed by atoms with Crippen LogP contribution >= 0.6 is 0 Å². The monoisotopic (exact) mass is 420 g/mol. The second-order valence-electron chi connectivity index (χ2n) is 11.1. The van der Waals surface area contributed by atoms with Crippen LogP contribution < -0.4 is 4.74 Å². The quantitative estimate of drug-likeness (QED) is 0.517. The van der Waals surface area contributed by atoms with Crippen molar-refractivity contribution in [1.82, 2.24) is 0 Å². The van der Waals surface area contributed by atoms with E-state index in [2.05, 4.69) is 57.2 Å². The van der Waals surface area contributed by atoms with Crippen LogP contribution in [0.15, 0.2) is 47.6 Å². The molecule has 5 rings (SSSR count). The molecule has 1 N–H and O–H groups in total. The van der Waals surface area contributed by atoms with Crippen LogP contribution in [0.5, 0.6) is 5.75 Å². The van der Waals surface area contributed by atoms with Crippen molar-refractivity contribution in [3.8, 4) is 5.75 Å². The fraction of sp³-hybridized carbons (Fsp3) is 0.655. The minimum Gasteiger partial charge on any atom is -0.494 e. The molecule has 7 unspecified atom stereocenters. The van der Waals surface area contributed by atoms with Gasteiger partial charge < -0.3 is 9.84 Å². The molecular weight excluding hydrogens is 380 g/mol. The number of aliphatic hydroxyl groups is 1. The highest BCUT2D eigenvalue weighted by atomic mass is 16.5. The van der Waals surface area contributed by atoms with Gasteiger partial charge in [0.1, 0.15) is 5.75 Å². The number of fused-ring (bicyclic) bond motifs is 5. The standard InChI is InChI=1S/C29H40O2/c1-4-5-16-31-23-11-7-20(8-12-23)26-18-29(3)19(2)6-15-27(29)25-13-9-21-17-22(30)10-14-24(21)28(25)26/h7-8,11-12,14,17,19,22,25-28,30H,4-6,9-10,13,15-16,18H2,1-3H3. The third kappa shape index (κ3) is 3.69. The summed E-state index contributed by atoms with van der Waals surface area (Å²) in [6, 6.07) is 9.10. The minimum absolute atomic E-state index is 0.284. The van der Waals surface area contributed by atoms with Gasteiger partial charge in [-0.1, -0.05) is 51.5 Å². The van der Waals surface area contributed by atoms with Crippen molar-refractivity contribution < 1.29 is 9.84 Å². The van der Waals surface area contributed by atoms with Gasteiger partial charge in [-0.3, -0.25) is 0 Å². The zero-order chi connectivity index (χ0) is 21.6. The predicted octanol–water partition coefficient (Wildman–Crippen LogP) is 7.05. The molecule has 168 valence electrons. The summed E-state index contributed by atoms with van der Waals surface area (Å²) in [6.45, 7) is 8.12. The zero-order valence-electron chi connectivity index (χ0n) is 19.6. The number of benzene rings is 1. The number of unbranched alkanes of at least 4 members (excludes halogenated alkanes) is 1. The van der Waals surface area contributed by atoms with E-state index in [-0.39, 0.29) is 6.10 Å². The van der Waals surface area contributed by atoms with Crippen LogP contribution in [0.3, 0.4) is 0 Å². The Kier molecular flexibility index (Phi) is 5.79. The molecule has 3 fully saturated rings. The van der Waals surface area contributed by atoms with Crippen molar-refractivity contribution in [1.29, 1.82) is 0 Å². The maximum absolute atomic E-state index is 10.2. The maximum Gasteiger partial charge on any atom is 0.119 e. The Hall–Kier alpha value is -1.54. The predicted molar refractivity (Wildman–Crippen MR) is 127 cm³/mol. The van der Waals surface area contributed by atoms with Gasteiger partial charge >= 0.3 is 0 Å². The third-order valence-electron chi connectivity index (χ3n) is 9.48. The first-order valence-corrected chi connectivity index (χ1v) is 12.8. The van der Waals surface area contributed by atoms with Gasteiger partial charge in [-0.05, 0) is 109 Å². The highest BCUT2D eigenvalue weighted by Crippen LogP contribution is 2.66. The Morgan fingerprint density at radius 2 is 1.94 bits per heavy atom. The molecule has 3 saturated carbocycles. The number of hydrogen-bond acceptors (Lipinski definition) is 2. The third-order valence-corrected chi connectivity index (χ3v) is 9.48. The highest BCUT2D eigenvalue weighted by molar-refractivity contribution is 5.44. The summed E-state index contributed by atoms with van der Waals surface area (Å²) >= 11 is 0. The molecule has 7 atom stereocenters. The van der Waals surface area contributed by atoms with E-state index < -0.39 is 0 Å². The van der Waals surface area contributed by atoms with Gasteiger partial charge in [0.2, 0.25) is 0 Å². The Morgan fingerprint density at radius 1 is 1.13 bits per heavy atom. The molecule has 0 heterocycles. The lowest BCUT2D eigenvalue weighted by Crippen LogP contribution is -2.47. The Labute approximate surface area is 188 Å². The van der Waals surface area contributed by atoms with E-state index in [0.717, 1.165) is 49.4 Å². The van der Waals surface area contributed by atoms with Gasteiger partial charge in [0.05, 0.1) is 12.7 Å². The lowest BCUT2D eigenvalue weighted by Gasteiger charge is -2.55. The average molecular weight is 421 g/mol. The van der Waals surface area contributed by atoms with E-state index in [1.54, 1.807) is 5.57 Å².